The number of amides is 2. The number of urea groups is 1. The van der Waals surface area contributed by atoms with Crippen molar-refractivity contribution in [2.75, 3.05) is 11.9 Å². The number of anilines is 1. The van der Waals surface area contributed by atoms with E-state index in [0.717, 1.165) is 5.56 Å². The van der Waals surface area contributed by atoms with E-state index in [0.29, 0.717) is 12.1 Å². The quantitative estimate of drug-likeness (QED) is 0.792. The predicted octanol–water partition coefficient (Wildman–Crippen LogP) is 2.55. The number of para-hydroxylation sites is 1. The van der Waals surface area contributed by atoms with Gasteiger partial charge in [0, 0.05) is 5.69 Å². The second-order valence-electron chi connectivity index (χ2n) is 4.67. The van der Waals surface area contributed by atoms with Crippen LogP contribution in [0.4, 0.5) is 14.9 Å². The van der Waals surface area contributed by atoms with Crippen LogP contribution < -0.4 is 10.6 Å². The summed E-state index contributed by atoms with van der Waals surface area (Å²) in [6.45, 7) is -0.195. The average Bonchev–Trinajstić information content (AvgIpc) is 2.49. The molecule has 0 radical (unpaired) electrons. The molecule has 5 heteroatoms. The Labute approximate surface area is 122 Å². The number of aliphatic hydroxyl groups excluding tert-OH is 1. The molecule has 0 saturated carbocycles. The van der Waals surface area contributed by atoms with Crippen molar-refractivity contribution in [2.45, 2.75) is 12.5 Å². The first kappa shape index (κ1) is 15.0. The molecule has 0 saturated heterocycles. The van der Waals surface area contributed by atoms with Crippen molar-refractivity contribution in [1.82, 2.24) is 5.32 Å². The lowest BCUT2D eigenvalue weighted by Crippen LogP contribution is -2.41. The Bertz CT molecular complexity index is 573. The van der Waals surface area contributed by atoms with Crippen molar-refractivity contribution < 1.29 is 14.3 Å². The maximum absolute atomic E-state index is 12.8. The molecule has 0 fully saturated rings. The van der Waals surface area contributed by atoms with Gasteiger partial charge >= 0.3 is 6.03 Å². The fourth-order valence-corrected chi connectivity index (χ4v) is 1.94. The third-order valence-corrected chi connectivity index (χ3v) is 2.98. The highest BCUT2D eigenvalue weighted by molar-refractivity contribution is 5.89. The molecule has 21 heavy (non-hydrogen) atoms. The Morgan fingerprint density at radius 3 is 2.38 bits per heavy atom. The fourth-order valence-electron chi connectivity index (χ4n) is 1.94. The van der Waals surface area contributed by atoms with Gasteiger partial charge in [-0.05, 0) is 36.2 Å². The van der Waals surface area contributed by atoms with Crippen molar-refractivity contribution in [3.63, 3.8) is 0 Å². The van der Waals surface area contributed by atoms with Crippen molar-refractivity contribution in [3.8, 4) is 0 Å². The van der Waals surface area contributed by atoms with Gasteiger partial charge in [0.15, 0.2) is 0 Å². The number of halogens is 1. The molecular formula is C16H17FN2O2. The SMILES string of the molecule is O=C(Nc1ccccc1)N[C@H](CO)Cc1ccc(F)cc1. The lowest BCUT2D eigenvalue weighted by molar-refractivity contribution is 0.224. The Kier molecular flexibility index (Phi) is 5.29. The Hall–Kier alpha value is -2.40. The normalized spacial score (nSPS) is 11.7. The van der Waals surface area contributed by atoms with Crippen molar-refractivity contribution in [1.29, 1.82) is 0 Å². The summed E-state index contributed by atoms with van der Waals surface area (Å²) in [6, 6.07) is 14.2. The molecule has 0 spiro atoms. The fraction of sp³-hybridized carbons (Fsp3) is 0.188. The van der Waals surface area contributed by atoms with E-state index >= 15 is 0 Å². The minimum absolute atomic E-state index is 0.195. The molecule has 4 nitrogen and oxygen atoms in total. The molecular weight excluding hydrogens is 271 g/mol. The second-order valence-corrected chi connectivity index (χ2v) is 4.67. The Morgan fingerprint density at radius 1 is 1.10 bits per heavy atom. The topological polar surface area (TPSA) is 61.4 Å². The Balaban J connectivity index is 1.89. The maximum Gasteiger partial charge on any atom is 0.319 e. The first-order valence-electron chi connectivity index (χ1n) is 6.65. The molecule has 0 aromatic heterocycles. The van der Waals surface area contributed by atoms with Gasteiger partial charge in [-0.1, -0.05) is 30.3 Å². The minimum Gasteiger partial charge on any atom is -0.394 e. The highest BCUT2D eigenvalue weighted by Crippen LogP contribution is 2.07. The smallest absolute Gasteiger partial charge is 0.319 e. The zero-order chi connectivity index (χ0) is 15.1. The summed E-state index contributed by atoms with van der Waals surface area (Å²) >= 11 is 0. The summed E-state index contributed by atoms with van der Waals surface area (Å²) in [5.41, 5.74) is 1.52. The molecule has 3 N–H and O–H groups in total. The average molecular weight is 288 g/mol. The number of hydrogen-bond acceptors (Lipinski definition) is 2. The van der Waals surface area contributed by atoms with Gasteiger partial charge in [0.25, 0.3) is 0 Å². The van der Waals surface area contributed by atoms with Gasteiger partial charge in [-0.15, -0.1) is 0 Å². The van der Waals surface area contributed by atoms with Crippen LogP contribution in [0.1, 0.15) is 5.56 Å². The number of carbonyl (C=O) groups is 1. The summed E-state index contributed by atoms with van der Waals surface area (Å²) in [6.07, 6.45) is 0.430. The van der Waals surface area contributed by atoms with Crippen LogP contribution >= 0.6 is 0 Å². The molecule has 2 aromatic rings. The standard InChI is InChI=1S/C16H17FN2O2/c17-13-8-6-12(7-9-13)10-15(11-20)19-16(21)18-14-4-2-1-3-5-14/h1-9,15,20H,10-11H2,(H2,18,19,21)/t15-/m0/s1. The lowest BCUT2D eigenvalue weighted by Gasteiger charge is -2.17. The first-order chi connectivity index (χ1) is 10.2. The van der Waals surface area contributed by atoms with Gasteiger partial charge in [0.1, 0.15) is 5.82 Å². The number of aliphatic hydroxyl groups is 1. The van der Waals surface area contributed by atoms with Gasteiger partial charge in [-0.25, -0.2) is 9.18 Å². The van der Waals surface area contributed by atoms with E-state index in [9.17, 15) is 14.3 Å². The van der Waals surface area contributed by atoms with Crippen molar-refractivity contribution >= 4 is 11.7 Å². The number of nitrogens with one attached hydrogen (secondary N) is 2. The van der Waals surface area contributed by atoms with Crippen LogP contribution in [0, 0.1) is 5.82 Å². The largest absolute Gasteiger partial charge is 0.394 e. The zero-order valence-corrected chi connectivity index (χ0v) is 11.4. The third-order valence-electron chi connectivity index (χ3n) is 2.98. The van der Waals surface area contributed by atoms with Crippen LogP contribution in [-0.2, 0) is 6.42 Å². The first-order valence-corrected chi connectivity index (χ1v) is 6.65. The van der Waals surface area contributed by atoms with Crippen LogP contribution in [0.25, 0.3) is 0 Å². The van der Waals surface area contributed by atoms with E-state index in [-0.39, 0.29) is 18.5 Å². The van der Waals surface area contributed by atoms with Gasteiger partial charge in [-0.3, -0.25) is 0 Å². The highest BCUT2D eigenvalue weighted by Gasteiger charge is 2.12. The van der Waals surface area contributed by atoms with Gasteiger partial charge in [0.2, 0.25) is 0 Å². The molecule has 0 aliphatic heterocycles. The van der Waals surface area contributed by atoms with Crippen molar-refractivity contribution in [3.05, 3.63) is 66.0 Å². The van der Waals surface area contributed by atoms with Crippen molar-refractivity contribution in [2.24, 2.45) is 0 Å². The lowest BCUT2D eigenvalue weighted by atomic mass is 10.1. The third kappa shape index (κ3) is 4.89. The summed E-state index contributed by atoms with van der Waals surface area (Å²) in [5, 5.41) is 14.7. The van der Waals surface area contributed by atoms with E-state index in [1.807, 2.05) is 18.2 Å². The van der Waals surface area contributed by atoms with E-state index in [1.54, 1.807) is 24.3 Å². The summed E-state index contributed by atoms with van der Waals surface area (Å²) in [7, 11) is 0. The predicted molar refractivity (Wildman–Crippen MR) is 79.6 cm³/mol. The zero-order valence-electron chi connectivity index (χ0n) is 11.4. The number of carbonyl (C=O) groups excluding carboxylic acids is 1. The van der Waals surface area contributed by atoms with E-state index in [2.05, 4.69) is 10.6 Å². The molecule has 2 rings (SSSR count). The van der Waals surface area contributed by atoms with E-state index in [1.165, 1.54) is 12.1 Å². The molecule has 0 heterocycles. The monoisotopic (exact) mass is 288 g/mol. The Morgan fingerprint density at radius 2 is 1.76 bits per heavy atom. The number of rotatable bonds is 5. The molecule has 0 bridgehead atoms. The summed E-state index contributed by atoms with van der Waals surface area (Å²) < 4.78 is 12.8. The number of hydrogen-bond donors (Lipinski definition) is 3. The molecule has 2 amide bonds. The molecule has 2 aromatic carbocycles. The minimum atomic E-state index is -0.431. The van der Waals surface area contributed by atoms with Crippen LogP contribution in [0.2, 0.25) is 0 Å². The van der Waals surface area contributed by atoms with Crippen LogP contribution in [0.15, 0.2) is 54.6 Å². The molecule has 110 valence electrons. The molecule has 1 atom stereocenters. The summed E-state index contributed by atoms with van der Waals surface area (Å²) in [5.74, 6) is -0.311. The van der Waals surface area contributed by atoms with Crippen LogP contribution in [-0.4, -0.2) is 23.8 Å². The summed E-state index contributed by atoms with van der Waals surface area (Å²) in [4.78, 5) is 11.8. The maximum atomic E-state index is 12.8. The molecule has 0 unspecified atom stereocenters. The van der Waals surface area contributed by atoms with E-state index < -0.39 is 6.04 Å². The molecule has 0 aliphatic rings. The molecule has 0 aliphatic carbocycles. The van der Waals surface area contributed by atoms with Gasteiger partial charge in [-0.2, -0.15) is 0 Å². The van der Waals surface area contributed by atoms with Crippen LogP contribution in [0.3, 0.4) is 0 Å². The second kappa shape index (κ2) is 7.40. The number of benzene rings is 2. The van der Waals surface area contributed by atoms with Gasteiger partial charge < -0.3 is 15.7 Å². The van der Waals surface area contributed by atoms with E-state index in [4.69, 9.17) is 0 Å². The highest BCUT2D eigenvalue weighted by atomic mass is 19.1. The van der Waals surface area contributed by atoms with Gasteiger partial charge in [0.05, 0.1) is 12.6 Å². The van der Waals surface area contributed by atoms with Crippen LogP contribution in [0.5, 0.6) is 0 Å².